The predicted molar refractivity (Wildman–Crippen MR) is 93.7 cm³/mol. The molecule has 0 radical (unpaired) electrons. The quantitative estimate of drug-likeness (QED) is 0.859. The van der Waals surface area contributed by atoms with Crippen LogP contribution in [-0.4, -0.2) is 38.5 Å². The zero-order valence-electron chi connectivity index (χ0n) is 13.5. The van der Waals surface area contributed by atoms with Crippen LogP contribution in [-0.2, 0) is 14.8 Å². The second-order valence-corrected chi connectivity index (χ2v) is 8.20. The van der Waals surface area contributed by atoms with Crippen molar-refractivity contribution in [1.29, 1.82) is 0 Å². The lowest BCUT2D eigenvalue weighted by Crippen LogP contribution is -2.52. The fraction of sp³-hybridized carbons (Fsp3) is 0.235. The van der Waals surface area contributed by atoms with Gasteiger partial charge in [0, 0.05) is 24.2 Å². The molecule has 2 heterocycles. The SMILES string of the molecule is O=C1NCCN(S(=O)(=O)c2ccc3c(c2)OCO3)C1c1ccc(Cl)cc1. The average Bonchev–Trinajstić information content (AvgIpc) is 3.10. The van der Waals surface area contributed by atoms with Crippen LogP contribution >= 0.6 is 11.6 Å². The van der Waals surface area contributed by atoms with Crippen LogP contribution < -0.4 is 14.8 Å². The van der Waals surface area contributed by atoms with Crippen LogP contribution in [0.25, 0.3) is 0 Å². The number of benzene rings is 2. The first kappa shape index (κ1) is 17.1. The minimum Gasteiger partial charge on any atom is -0.454 e. The van der Waals surface area contributed by atoms with E-state index in [1.165, 1.54) is 16.4 Å². The topological polar surface area (TPSA) is 84.9 Å². The fourth-order valence-corrected chi connectivity index (χ4v) is 4.76. The maximum Gasteiger partial charge on any atom is 0.244 e. The number of carbonyl (C=O) groups excluding carboxylic acids is 1. The average molecular weight is 395 g/mol. The molecule has 2 aliphatic heterocycles. The van der Waals surface area contributed by atoms with Gasteiger partial charge in [-0.25, -0.2) is 8.42 Å². The van der Waals surface area contributed by atoms with Crippen LogP contribution in [0.4, 0.5) is 0 Å². The predicted octanol–water partition coefficient (Wildman–Crippen LogP) is 1.93. The van der Waals surface area contributed by atoms with E-state index in [0.717, 1.165) is 0 Å². The summed E-state index contributed by atoms with van der Waals surface area (Å²) in [6.07, 6.45) is 0. The second kappa shape index (κ2) is 6.46. The lowest BCUT2D eigenvalue weighted by molar-refractivity contribution is -0.126. The van der Waals surface area contributed by atoms with Crippen molar-refractivity contribution >= 4 is 27.5 Å². The number of carbonyl (C=O) groups is 1. The van der Waals surface area contributed by atoms with Gasteiger partial charge in [0.25, 0.3) is 0 Å². The largest absolute Gasteiger partial charge is 0.454 e. The van der Waals surface area contributed by atoms with Gasteiger partial charge in [0.1, 0.15) is 6.04 Å². The van der Waals surface area contributed by atoms with E-state index in [9.17, 15) is 13.2 Å². The summed E-state index contributed by atoms with van der Waals surface area (Å²) in [6.45, 7) is 0.459. The van der Waals surface area contributed by atoms with Crippen LogP contribution in [0.5, 0.6) is 11.5 Å². The lowest BCUT2D eigenvalue weighted by Gasteiger charge is -2.34. The van der Waals surface area contributed by atoms with Gasteiger partial charge in [0.15, 0.2) is 11.5 Å². The van der Waals surface area contributed by atoms with Crippen LogP contribution in [0, 0.1) is 0 Å². The van der Waals surface area contributed by atoms with Gasteiger partial charge in [-0.05, 0) is 29.8 Å². The van der Waals surface area contributed by atoms with E-state index in [0.29, 0.717) is 22.1 Å². The molecule has 1 atom stereocenters. The maximum atomic E-state index is 13.2. The van der Waals surface area contributed by atoms with Crippen molar-refractivity contribution in [2.75, 3.05) is 19.9 Å². The molecular formula is C17H15ClN2O5S. The van der Waals surface area contributed by atoms with Crippen molar-refractivity contribution in [2.24, 2.45) is 0 Å². The Morgan fingerprint density at radius 2 is 1.81 bits per heavy atom. The molecule has 0 spiro atoms. The van der Waals surface area contributed by atoms with E-state index < -0.39 is 16.1 Å². The first-order chi connectivity index (χ1) is 12.5. The molecule has 0 aliphatic carbocycles. The van der Waals surface area contributed by atoms with Crippen LogP contribution in [0.2, 0.25) is 5.02 Å². The number of sulfonamides is 1. The molecule has 136 valence electrons. The highest BCUT2D eigenvalue weighted by molar-refractivity contribution is 7.89. The monoisotopic (exact) mass is 394 g/mol. The molecule has 2 aromatic carbocycles. The van der Waals surface area contributed by atoms with E-state index >= 15 is 0 Å². The Bertz CT molecular complexity index is 962. The number of fused-ring (bicyclic) bond motifs is 1. The lowest BCUT2D eigenvalue weighted by atomic mass is 10.1. The number of halogens is 1. The molecule has 1 saturated heterocycles. The number of hydrogen-bond donors (Lipinski definition) is 1. The molecule has 1 unspecified atom stereocenters. The van der Waals surface area contributed by atoms with Gasteiger partial charge in [0.2, 0.25) is 22.7 Å². The highest BCUT2D eigenvalue weighted by Gasteiger charge is 2.40. The summed E-state index contributed by atoms with van der Waals surface area (Å²) in [5, 5.41) is 3.23. The number of nitrogens with zero attached hydrogens (tertiary/aromatic N) is 1. The summed E-state index contributed by atoms with van der Waals surface area (Å²) in [5.74, 6) is 0.494. The highest BCUT2D eigenvalue weighted by Crippen LogP contribution is 2.36. The Morgan fingerprint density at radius 1 is 1.08 bits per heavy atom. The summed E-state index contributed by atoms with van der Waals surface area (Å²) in [7, 11) is -3.92. The van der Waals surface area contributed by atoms with Crippen LogP contribution in [0.15, 0.2) is 47.4 Å². The van der Waals surface area contributed by atoms with E-state index in [-0.39, 0.29) is 30.7 Å². The molecule has 7 nitrogen and oxygen atoms in total. The summed E-state index contributed by atoms with van der Waals surface area (Å²) in [4.78, 5) is 12.5. The van der Waals surface area contributed by atoms with Crippen LogP contribution in [0.1, 0.15) is 11.6 Å². The number of piperazine rings is 1. The molecule has 0 aromatic heterocycles. The minimum atomic E-state index is -3.92. The van der Waals surface area contributed by atoms with Gasteiger partial charge in [-0.1, -0.05) is 23.7 Å². The van der Waals surface area contributed by atoms with Gasteiger partial charge in [-0.3, -0.25) is 4.79 Å². The van der Waals surface area contributed by atoms with E-state index in [1.54, 1.807) is 30.3 Å². The Balaban J connectivity index is 1.75. The molecule has 2 aliphatic rings. The third-order valence-corrected chi connectivity index (χ3v) is 6.42. The van der Waals surface area contributed by atoms with E-state index in [1.807, 2.05) is 0 Å². The molecule has 1 N–H and O–H groups in total. The second-order valence-electron chi connectivity index (χ2n) is 5.88. The number of amides is 1. The smallest absolute Gasteiger partial charge is 0.244 e. The number of rotatable bonds is 3. The highest BCUT2D eigenvalue weighted by atomic mass is 35.5. The van der Waals surface area contributed by atoms with Crippen molar-refractivity contribution in [3.8, 4) is 11.5 Å². The molecule has 26 heavy (non-hydrogen) atoms. The first-order valence-electron chi connectivity index (χ1n) is 7.91. The molecule has 1 fully saturated rings. The Morgan fingerprint density at radius 3 is 2.58 bits per heavy atom. The zero-order valence-corrected chi connectivity index (χ0v) is 15.1. The standard InChI is InChI=1S/C17H15ClN2O5S/c18-12-3-1-11(2-4-12)16-17(21)19-7-8-20(16)26(22,23)13-5-6-14-15(9-13)25-10-24-14/h1-6,9,16H,7-8,10H2,(H,19,21). The van der Waals surface area contributed by atoms with Crippen molar-refractivity contribution in [3.05, 3.63) is 53.1 Å². The molecule has 0 saturated carbocycles. The summed E-state index contributed by atoms with van der Waals surface area (Å²) in [6, 6.07) is 10.0. The van der Waals surface area contributed by atoms with Gasteiger partial charge in [0.05, 0.1) is 4.90 Å². The van der Waals surface area contributed by atoms with Crippen molar-refractivity contribution < 1.29 is 22.7 Å². The van der Waals surface area contributed by atoms with Gasteiger partial charge < -0.3 is 14.8 Å². The summed E-state index contributed by atoms with van der Waals surface area (Å²) in [5.41, 5.74) is 0.552. The molecule has 0 bridgehead atoms. The minimum absolute atomic E-state index is 0.0513. The van der Waals surface area contributed by atoms with E-state index in [2.05, 4.69) is 5.32 Å². The Labute approximate surface area is 155 Å². The molecule has 1 amide bonds. The summed E-state index contributed by atoms with van der Waals surface area (Å²) >= 11 is 5.91. The van der Waals surface area contributed by atoms with Crippen molar-refractivity contribution in [2.45, 2.75) is 10.9 Å². The first-order valence-corrected chi connectivity index (χ1v) is 9.73. The normalized spacial score (nSPS) is 20.0. The third kappa shape index (κ3) is 2.90. The molecule has 2 aromatic rings. The van der Waals surface area contributed by atoms with Crippen molar-refractivity contribution in [3.63, 3.8) is 0 Å². The molecular weight excluding hydrogens is 380 g/mol. The molecule has 9 heteroatoms. The maximum absolute atomic E-state index is 13.2. The number of nitrogens with one attached hydrogen (secondary N) is 1. The fourth-order valence-electron chi connectivity index (χ4n) is 3.04. The Hall–Kier alpha value is -2.29. The number of hydrogen-bond acceptors (Lipinski definition) is 5. The van der Waals surface area contributed by atoms with Gasteiger partial charge >= 0.3 is 0 Å². The van der Waals surface area contributed by atoms with Crippen molar-refractivity contribution in [1.82, 2.24) is 9.62 Å². The third-order valence-electron chi connectivity index (χ3n) is 4.30. The van der Waals surface area contributed by atoms with Crippen LogP contribution in [0.3, 0.4) is 0 Å². The zero-order chi connectivity index (χ0) is 18.3. The molecule has 4 rings (SSSR count). The van der Waals surface area contributed by atoms with Gasteiger partial charge in [-0.15, -0.1) is 0 Å². The number of ether oxygens (including phenoxy) is 2. The summed E-state index contributed by atoms with van der Waals surface area (Å²) < 4.78 is 38.1. The Kier molecular flexibility index (Phi) is 4.26. The van der Waals surface area contributed by atoms with E-state index in [4.69, 9.17) is 21.1 Å². The van der Waals surface area contributed by atoms with Gasteiger partial charge in [-0.2, -0.15) is 4.31 Å².